The fraction of sp³-hybridized carbons (Fsp3) is 0.471. The van der Waals surface area contributed by atoms with Crippen molar-refractivity contribution < 1.29 is 13.6 Å². The van der Waals surface area contributed by atoms with E-state index in [9.17, 15) is 4.79 Å². The predicted molar refractivity (Wildman–Crippen MR) is 97.5 cm³/mol. The highest BCUT2D eigenvalue weighted by molar-refractivity contribution is 7.99. The fourth-order valence-electron chi connectivity index (χ4n) is 2.56. The number of aromatic nitrogens is 5. The Balaban J connectivity index is 1.40. The van der Waals surface area contributed by atoms with E-state index in [1.165, 1.54) is 11.8 Å². The first kappa shape index (κ1) is 17.8. The number of nitrogens with zero attached hydrogens (tertiary/aromatic N) is 5. The normalized spacial score (nSPS) is 14.0. The molecule has 0 atom stereocenters. The zero-order valence-corrected chi connectivity index (χ0v) is 15.9. The van der Waals surface area contributed by atoms with Gasteiger partial charge in [-0.1, -0.05) is 30.7 Å². The van der Waals surface area contributed by atoms with Crippen LogP contribution in [-0.2, 0) is 11.3 Å². The second kappa shape index (κ2) is 7.55. The van der Waals surface area contributed by atoms with Crippen LogP contribution in [0.4, 0.5) is 6.01 Å². The standard InChI is InChI=1S/C17H20N6O3S/c1-10(2)15-20-21-16(26-15)18-13(24)9-27-17-22-19-14(11-5-6-11)23(17)8-12-4-3-7-25-12/h3-4,7,10-11H,5-6,8-9H2,1-2H3,(H,18,21,24). The molecule has 0 spiro atoms. The second-order valence-electron chi connectivity index (χ2n) is 6.72. The molecule has 1 aliphatic carbocycles. The number of hydrogen-bond acceptors (Lipinski definition) is 8. The van der Waals surface area contributed by atoms with Crippen LogP contribution in [0.25, 0.3) is 0 Å². The molecule has 1 N–H and O–H groups in total. The minimum absolute atomic E-state index is 0.110. The van der Waals surface area contributed by atoms with Crippen LogP contribution in [-0.4, -0.2) is 36.6 Å². The molecule has 1 saturated carbocycles. The summed E-state index contributed by atoms with van der Waals surface area (Å²) in [6.07, 6.45) is 3.89. The smallest absolute Gasteiger partial charge is 0.322 e. The number of amides is 1. The van der Waals surface area contributed by atoms with E-state index in [4.69, 9.17) is 8.83 Å². The molecular weight excluding hydrogens is 368 g/mol. The van der Waals surface area contributed by atoms with Gasteiger partial charge in [0.1, 0.15) is 11.6 Å². The monoisotopic (exact) mass is 388 g/mol. The van der Waals surface area contributed by atoms with E-state index in [1.807, 2.05) is 30.5 Å². The number of thioether (sulfide) groups is 1. The zero-order chi connectivity index (χ0) is 18.8. The molecule has 4 rings (SSSR count). The first-order valence-corrected chi connectivity index (χ1v) is 9.80. The molecule has 0 radical (unpaired) electrons. The number of furan rings is 1. The largest absolute Gasteiger partial charge is 0.467 e. The van der Waals surface area contributed by atoms with Gasteiger partial charge in [-0.05, 0) is 25.0 Å². The molecule has 0 unspecified atom stereocenters. The summed E-state index contributed by atoms with van der Waals surface area (Å²) < 4.78 is 12.9. The van der Waals surface area contributed by atoms with Crippen LogP contribution >= 0.6 is 11.8 Å². The molecule has 0 bridgehead atoms. The Kier molecular flexibility index (Phi) is 4.97. The fourth-order valence-corrected chi connectivity index (χ4v) is 3.31. The van der Waals surface area contributed by atoms with Crippen molar-refractivity contribution in [2.75, 3.05) is 11.1 Å². The molecule has 1 aliphatic rings. The van der Waals surface area contributed by atoms with Crippen molar-refractivity contribution in [2.24, 2.45) is 0 Å². The van der Waals surface area contributed by atoms with E-state index in [0.717, 1.165) is 24.4 Å². The van der Waals surface area contributed by atoms with Crippen molar-refractivity contribution in [1.82, 2.24) is 25.0 Å². The summed E-state index contributed by atoms with van der Waals surface area (Å²) in [6.45, 7) is 4.44. The summed E-state index contributed by atoms with van der Waals surface area (Å²) in [7, 11) is 0. The first-order chi connectivity index (χ1) is 13.1. The molecule has 0 saturated heterocycles. The van der Waals surface area contributed by atoms with Crippen LogP contribution in [0.3, 0.4) is 0 Å². The quantitative estimate of drug-likeness (QED) is 0.586. The Morgan fingerprint density at radius 2 is 2.19 bits per heavy atom. The van der Waals surface area contributed by atoms with Crippen molar-refractivity contribution in [3.63, 3.8) is 0 Å². The van der Waals surface area contributed by atoms with Crippen molar-refractivity contribution in [2.45, 2.75) is 50.2 Å². The lowest BCUT2D eigenvalue weighted by Crippen LogP contribution is -2.15. The Labute approximate surface area is 159 Å². The third-order valence-electron chi connectivity index (χ3n) is 4.10. The molecule has 1 amide bonds. The minimum Gasteiger partial charge on any atom is -0.467 e. The number of carbonyl (C=O) groups is 1. The highest BCUT2D eigenvalue weighted by Gasteiger charge is 2.30. The lowest BCUT2D eigenvalue weighted by molar-refractivity contribution is -0.113. The van der Waals surface area contributed by atoms with Gasteiger partial charge in [0.05, 0.1) is 18.6 Å². The lowest BCUT2D eigenvalue weighted by Gasteiger charge is -2.07. The molecule has 27 heavy (non-hydrogen) atoms. The Morgan fingerprint density at radius 3 is 2.85 bits per heavy atom. The summed E-state index contributed by atoms with van der Waals surface area (Å²) in [5.74, 6) is 2.76. The number of rotatable bonds is 8. The third kappa shape index (κ3) is 4.21. The summed E-state index contributed by atoms with van der Waals surface area (Å²) in [6, 6.07) is 3.88. The summed E-state index contributed by atoms with van der Waals surface area (Å²) in [5.41, 5.74) is 0. The SMILES string of the molecule is CC(C)c1nnc(NC(=O)CSc2nnc(C3CC3)n2Cc2ccco2)o1. The Hall–Kier alpha value is -2.62. The summed E-state index contributed by atoms with van der Waals surface area (Å²) >= 11 is 1.32. The average Bonchev–Trinajstić information content (AvgIpc) is 3.03. The van der Waals surface area contributed by atoms with Gasteiger partial charge in [-0.15, -0.1) is 15.3 Å². The zero-order valence-electron chi connectivity index (χ0n) is 15.1. The predicted octanol–water partition coefficient (Wildman–Crippen LogP) is 3.03. The van der Waals surface area contributed by atoms with E-state index < -0.39 is 0 Å². The van der Waals surface area contributed by atoms with Gasteiger partial charge in [0.2, 0.25) is 11.8 Å². The third-order valence-corrected chi connectivity index (χ3v) is 5.06. The Bertz CT molecular complexity index is 913. The van der Waals surface area contributed by atoms with Crippen LogP contribution in [0, 0.1) is 0 Å². The first-order valence-electron chi connectivity index (χ1n) is 8.81. The van der Waals surface area contributed by atoms with Crippen molar-refractivity contribution in [1.29, 1.82) is 0 Å². The van der Waals surface area contributed by atoms with Crippen LogP contribution in [0.1, 0.15) is 56.0 Å². The number of anilines is 1. The van der Waals surface area contributed by atoms with E-state index in [1.54, 1.807) is 6.26 Å². The van der Waals surface area contributed by atoms with Gasteiger partial charge in [0, 0.05) is 11.8 Å². The lowest BCUT2D eigenvalue weighted by atomic mass is 10.2. The molecule has 3 aromatic heterocycles. The van der Waals surface area contributed by atoms with Gasteiger partial charge >= 0.3 is 6.01 Å². The molecule has 0 aliphatic heterocycles. The molecule has 3 aromatic rings. The van der Waals surface area contributed by atoms with Gasteiger partial charge in [-0.3, -0.25) is 14.7 Å². The van der Waals surface area contributed by atoms with Gasteiger partial charge in [0.25, 0.3) is 0 Å². The average molecular weight is 388 g/mol. The van der Waals surface area contributed by atoms with Crippen molar-refractivity contribution in [3.05, 3.63) is 35.9 Å². The molecule has 0 aromatic carbocycles. The van der Waals surface area contributed by atoms with Crippen LogP contribution < -0.4 is 5.32 Å². The Morgan fingerprint density at radius 1 is 1.33 bits per heavy atom. The van der Waals surface area contributed by atoms with E-state index in [0.29, 0.717) is 23.5 Å². The van der Waals surface area contributed by atoms with Gasteiger partial charge < -0.3 is 8.83 Å². The number of carbonyl (C=O) groups excluding carboxylic acids is 1. The second-order valence-corrected chi connectivity index (χ2v) is 7.66. The highest BCUT2D eigenvalue weighted by Crippen LogP contribution is 2.40. The van der Waals surface area contributed by atoms with Crippen molar-refractivity contribution in [3.8, 4) is 0 Å². The molecule has 142 valence electrons. The van der Waals surface area contributed by atoms with Crippen LogP contribution in [0.5, 0.6) is 0 Å². The van der Waals surface area contributed by atoms with E-state index in [-0.39, 0.29) is 23.6 Å². The molecule has 10 heteroatoms. The van der Waals surface area contributed by atoms with E-state index in [2.05, 4.69) is 25.7 Å². The van der Waals surface area contributed by atoms with E-state index >= 15 is 0 Å². The summed E-state index contributed by atoms with van der Waals surface area (Å²) in [4.78, 5) is 12.2. The summed E-state index contributed by atoms with van der Waals surface area (Å²) in [5, 5.41) is 19.6. The van der Waals surface area contributed by atoms with Gasteiger partial charge in [0.15, 0.2) is 5.16 Å². The molecule has 1 fully saturated rings. The number of hydrogen-bond donors (Lipinski definition) is 1. The maximum Gasteiger partial charge on any atom is 0.322 e. The molecular formula is C17H20N6O3S. The topological polar surface area (TPSA) is 112 Å². The van der Waals surface area contributed by atoms with Crippen LogP contribution in [0.2, 0.25) is 0 Å². The molecule has 9 nitrogen and oxygen atoms in total. The van der Waals surface area contributed by atoms with Crippen molar-refractivity contribution >= 4 is 23.7 Å². The molecule has 3 heterocycles. The maximum absolute atomic E-state index is 12.2. The minimum atomic E-state index is -0.237. The van der Waals surface area contributed by atoms with Gasteiger partial charge in [-0.25, -0.2) is 0 Å². The van der Waals surface area contributed by atoms with Crippen LogP contribution in [0.15, 0.2) is 32.4 Å². The maximum atomic E-state index is 12.2. The number of nitrogens with one attached hydrogen (secondary N) is 1. The van der Waals surface area contributed by atoms with Gasteiger partial charge in [-0.2, -0.15) is 0 Å². The highest BCUT2D eigenvalue weighted by atomic mass is 32.2.